The lowest BCUT2D eigenvalue weighted by Crippen LogP contribution is -2.50. The number of nitrogens with one attached hydrogen (secondary N) is 1. The number of nitrogens with two attached hydrogens (primary N) is 1. The molecule has 4 nitrogen and oxygen atoms in total. The molecule has 0 bridgehead atoms. The van der Waals surface area contributed by atoms with E-state index in [1.54, 1.807) is 30.3 Å². The van der Waals surface area contributed by atoms with E-state index >= 15 is 0 Å². The molecule has 0 saturated heterocycles. The van der Waals surface area contributed by atoms with Crippen LogP contribution in [0, 0.1) is 0 Å². The van der Waals surface area contributed by atoms with Crippen LogP contribution >= 0.6 is 0 Å². The number of rotatable bonds is 3. The molecule has 1 amide bonds. The molecule has 1 heterocycles. The Kier molecular flexibility index (Phi) is 2.96. The number of hydrogen-bond acceptors (Lipinski definition) is 2. The molecule has 1 rings (SSSR count). The normalized spacial score (nSPS) is 11.4. The molecule has 1 aromatic rings. The van der Waals surface area contributed by atoms with Crippen molar-refractivity contribution < 1.29 is 4.79 Å². The monoisotopic (exact) mass is 195 g/mol. The van der Waals surface area contributed by atoms with Crippen LogP contribution in [-0.2, 0) is 0 Å². The summed E-state index contributed by atoms with van der Waals surface area (Å²) < 4.78 is 0. The van der Waals surface area contributed by atoms with Crippen molar-refractivity contribution in [1.29, 1.82) is 0 Å². The average Bonchev–Trinajstić information content (AvgIpc) is 2.68. The molecule has 4 heteroatoms. The first-order valence-corrected chi connectivity index (χ1v) is 4.60. The lowest BCUT2D eigenvalue weighted by Gasteiger charge is -2.34. The van der Waals surface area contributed by atoms with Gasteiger partial charge in [0.05, 0.1) is 0 Å². The molecule has 0 saturated carbocycles. The highest BCUT2D eigenvalue weighted by Gasteiger charge is 2.26. The van der Waals surface area contributed by atoms with E-state index in [2.05, 4.69) is 4.98 Å². The lowest BCUT2D eigenvalue weighted by atomic mass is 10.0. The van der Waals surface area contributed by atoms with Gasteiger partial charge >= 0.3 is 0 Å². The van der Waals surface area contributed by atoms with E-state index in [1.165, 1.54) is 0 Å². The standard InChI is InChI=1S/C10H17N3O/c1-10(2,7-11)13(3)9(14)8-5-4-6-12-8/h4-6,12H,7,11H2,1-3H3. The van der Waals surface area contributed by atoms with Gasteiger partial charge in [0.25, 0.3) is 5.91 Å². The molecule has 78 valence electrons. The van der Waals surface area contributed by atoms with Crippen LogP contribution in [0.4, 0.5) is 0 Å². The number of hydrogen-bond donors (Lipinski definition) is 2. The van der Waals surface area contributed by atoms with Gasteiger partial charge in [0.1, 0.15) is 5.69 Å². The Morgan fingerprint density at radius 1 is 1.64 bits per heavy atom. The Labute approximate surface area is 84.1 Å². The number of nitrogens with zero attached hydrogens (tertiary/aromatic N) is 1. The molecule has 0 spiro atoms. The van der Waals surface area contributed by atoms with Gasteiger partial charge in [-0.2, -0.15) is 0 Å². The average molecular weight is 195 g/mol. The van der Waals surface area contributed by atoms with E-state index in [-0.39, 0.29) is 11.4 Å². The van der Waals surface area contributed by atoms with E-state index in [4.69, 9.17) is 5.73 Å². The zero-order valence-electron chi connectivity index (χ0n) is 8.87. The number of likely N-dealkylation sites (N-methyl/N-ethyl adjacent to an activating group) is 1. The van der Waals surface area contributed by atoms with Crippen LogP contribution in [0.25, 0.3) is 0 Å². The molecule has 0 fully saturated rings. The van der Waals surface area contributed by atoms with Crippen molar-refractivity contribution >= 4 is 5.91 Å². The minimum absolute atomic E-state index is 0.0366. The minimum Gasteiger partial charge on any atom is -0.357 e. The van der Waals surface area contributed by atoms with Crippen LogP contribution in [0.15, 0.2) is 18.3 Å². The summed E-state index contributed by atoms with van der Waals surface area (Å²) in [4.78, 5) is 16.4. The summed E-state index contributed by atoms with van der Waals surface area (Å²) >= 11 is 0. The quantitative estimate of drug-likeness (QED) is 0.750. The number of amides is 1. The molecule has 0 unspecified atom stereocenters. The van der Waals surface area contributed by atoms with Gasteiger partial charge in [0, 0.05) is 25.3 Å². The maximum atomic E-state index is 11.9. The Morgan fingerprint density at radius 3 is 2.71 bits per heavy atom. The molecule has 0 radical (unpaired) electrons. The van der Waals surface area contributed by atoms with Gasteiger partial charge < -0.3 is 15.6 Å². The third kappa shape index (κ3) is 1.96. The van der Waals surface area contributed by atoms with Crippen molar-refractivity contribution in [3.63, 3.8) is 0 Å². The molecule has 1 aromatic heterocycles. The summed E-state index contributed by atoms with van der Waals surface area (Å²) in [7, 11) is 1.76. The van der Waals surface area contributed by atoms with Gasteiger partial charge in [-0.05, 0) is 26.0 Å². The second-order valence-electron chi connectivity index (χ2n) is 3.96. The van der Waals surface area contributed by atoms with Crippen LogP contribution in [0.1, 0.15) is 24.3 Å². The number of carbonyl (C=O) groups is 1. The fourth-order valence-corrected chi connectivity index (χ4v) is 1.06. The van der Waals surface area contributed by atoms with Crippen molar-refractivity contribution in [2.75, 3.05) is 13.6 Å². The largest absolute Gasteiger partial charge is 0.357 e. The van der Waals surface area contributed by atoms with Crippen molar-refractivity contribution in [2.24, 2.45) is 5.73 Å². The third-order valence-electron chi connectivity index (χ3n) is 2.54. The van der Waals surface area contributed by atoms with E-state index in [0.717, 1.165) is 0 Å². The van der Waals surface area contributed by atoms with Gasteiger partial charge in [0.2, 0.25) is 0 Å². The Bertz CT molecular complexity index is 303. The van der Waals surface area contributed by atoms with Crippen LogP contribution < -0.4 is 5.73 Å². The zero-order chi connectivity index (χ0) is 10.8. The lowest BCUT2D eigenvalue weighted by molar-refractivity contribution is 0.0635. The summed E-state index contributed by atoms with van der Waals surface area (Å²) in [6.45, 7) is 4.32. The summed E-state index contributed by atoms with van der Waals surface area (Å²) in [6, 6.07) is 3.56. The van der Waals surface area contributed by atoms with Gasteiger partial charge in [-0.25, -0.2) is 0 Å². The number of aromatic nitrogens is 1. The highest BCUT2D eigenvalue weighted by atomic mass is 16.2. The minimum atomic E-state index is -0.317. The van der Waals surface area contributed by atoms with Crippen LogP contribution in [0.5, 0.6) is 0 Å². The fraction of sp³-hybridized carbons (Fsp3) is 0.500. The first-order valence-electron chi connectivity index (χ1n) is 4.60. The summed E-state index contributed by atoms with van der Waals surface area (Å²) in [5.41, 5.74) is 5.87. The van der Waals surface area contributed by atoms with E-state index < -0.39 is 0 Å². The van der Waals surface area contributed by atoms with Crippen molar-refractivity contribution in [1.82, 2.24) is 9.88 Å². The zero-order valence-corrected chi connectivity index (χ0v) is 8.87. The molecule has 3 N–H and O–H groups in total. The second kappa shape index (κ2) is 3.84. The maximum absolute atomic E-state index is 11.9. The predicted molar refractivity (Wildman–Crippen MR) is 56.0 cm³/mol. The highest BCUT2D eigenvalue weighted by Crippen LogP contribution is 2.13. The van der Waals surface area contributed by atoms with E-state index in [0.29, 0.717) is 12.2 Å². The van der Waals surface area contributed by atoms with Gasteiger partial charge in [0.15, 0.2) is 0 Å². The predicted octanol–water partition coefficient (Wildman–Crippen LogP) is 0.824. The Balaban J connectivity index is 2.81. The summed E-state index contributed by atoms with van der Waals surface area (Å²) in [5.74, 6) is -0.0366. The Morgan fingerprint density at radius 2 is 2.29 bits per heavy atom. The molecular formula is C10H17N3O. The molecular weight excluding hydrogens is 178 g/mol. The van der Waals surface area contributed by atoms with Crippen molar-refractivity contribution in [2.45, 2.75) is 19.4 Å². The number of aromatic amines is 1. The maximum Gasteiger partial charge on any atom is 0.270 e. The van der Waals surface area contributed by atoms with Gasteiger partial charge in [-0.15, -0.1) is 0 Å². The molecule has 0 atom stereocenters. The Hall–Kier alpha value is -1.29. The third-order valence-corrected chi connectivity index (χ3v) is 2.54. The van der Waals surface area contributed by atoms with Crippen LogP contribution in [-0.4, -0.2) is 34.9 Å². The van der Waals surface area contributed by atoms with Gasteiger partial charge in [-0.1, -0.05) is 0 Å². The molecule has 0 aliphatic heterocycles. The molecule has 0 aliphatic rings. The van der Waals surface area contributed by atoms with E-state index in [1.807, 2.05) is 13.8 Å². The molecule has 0 aromatic carbocycles. The van der Waals surface area contributed by atoms with Crippen LogP contribution in [0.3, 0.4) is 0 Å². The smallest absolute Gasteiger partial charge is 0.270 e. The second-order valence-corrected chi connectivity index (χ2v) is 3.96. The van der Waals surface area contributed by atoms with Crippen molar-refractivity contribution in [3.05, 3.63) is 24.0 Å². The summed E-state index contributed by atoms with van der Waals surface area (Å²) in [6.07, 6.45) is 1.73. The van der Waals surface area contributed by atoms with Gasteiger partial charge in [-0.3, -0.25) is 4.79 Å². The topological polar surface area (TPSA) is 62.1 Å². The SMILES string of the molecule is CN(C(=O)c1ccc[nH]1)C(C)(C)CN. The first kappa shape index (κ1) is 10.8. The number of carbonyl (C=O) groups excluding carboxylic acids is 1. The fourth-order valence-electron chi connectivity index (χ4n) is 1.06. The number of H-pyrrole nitrogens is 1. The van der Waals surface area contributed by atoms with E-state index in [9.17, 15) is 4.79 Å². The first-order chi connectivity index (χ1) is 6.49. The van der Waals surface area contributed by atoms with Crippen LogP contribution in [0.2, 0.25) is 0 Å². The van der Waals surface area contributed by atoms with Crippen molar-refractivity contribution in [3.8, 4) is 0 Å². The molecule has 0 aliphatic carbocycles. The highest BCUT2D eigenvalue weighted by molar-refractivity contribution is 5.92. The summed E-state index contributed by atoms with van der Waals surface area (Å²) in [5, 5.41) is 0. The molecule has 14 heavy (non-hydrogen) atoms.